The molecular weight excluding hydrogens is 468 g/mol. The van der Waals surface area contributed by atoms with Crippen LogP contribution >= 0.6 is 0 Å². The number of esters is 1. The molecule has 2 aromatic rings. The Labute approximate surface area is 219 Å². The van der Waals surface area contributed by atoms with Crippen LogP contribution in [0.2, 0.25) is 0 Å². The highest BCUT2D eigenvalue weighted by atomic mass is 16.5. The fraction of sp³-hybridized carbons (Fsp3) is 0.433. The molecule has 1 aliphatic rings. The van der Waals surface area contributed by atoms with E-state index in [2.05, 4.69) is 10.6 Å². The number of benzene rings is 2. The lowest BCUT2D eigenvalue weighted by Crippen LogP contribution is -2.45. The molecule has 2 aromatic carbocycles. The number of carbonyl (C=O) groups excluding carboxylic acids is 3. The van der Waals surface area contributed by atoms with Gasteiger partial charge in [-0.25, -0.2) is 0 Å². The second-order valence-corrected chi connectivity index (χ2v) is 9.57. The Morgan fingerprint density at radius 3 is 2.41 bits per heavy atom. The third-order valence-electron chi connectivity index (χ3n) is 6.42. The molecule has 198 valence electrons. The SMILES string of the molecule is O=C(C[C@H]1CC=CCCCCC(=O)OC[C@@H](Cc2ccccc2)NC1=O)N[C@@H](CO)Cc1ccccc1. The van der Waals surface area contributed by atoms with Crippen molar-refractivity contribution in [2.75, 3.05) is 13.2 Å². The first-order chi connectivity index (χ1) is 18.0. The maximum atomic E-state index is 13.3. The Kier molecular flexibility index (Phi) is 11.9. The predicted molar refractivity (Wildman–Crippen MR) is 143 cm³/mol. The monoisotopic (exact) mass is 506 g/mol. The van der Waals surface area contributed by atoms with Gasteiger partial charge in [-0.05, 0) is 49.7 Å². The van der Waals surface area contributed by atoms with Crippen LogP contribution in [0.25, 0.3) is 0 Å². The number of hydrogen-bond donors (Lipinski definition) is 3. The van der Waals surface area contributed by atoms with Crippen molar-refractivity contribution >= 4 is 17.8 Å². The van der Waals surface area contributed by atoms with Gasteiger partial charge in [-0.3, -0.25) is 14.4 Å². The van der Waals surface area contributed by atoms with Gasteiger partial charge in [-0.2, -0.15) is 0 Å². The summed E-state index contributed by atoms with van der Waals surface area (Å²) in [5.41, 5.74) is 2.03. The molecule has 3 atom stereocenters. The number of aliphatic hydroxyl groups excluding tert-OH is 1. The van der Waals surface area contributed by atoms with Crippen molar-refractivity contribution in [3.63, 3.8) is 0 Å². The number of allylic oxidation sites excluding steroid dienone is 2. The molecular formula is C30H38N2O5. The van der Waals surface area contributed by atoms with E-state index >= 15 is 0 Å². The molecule has 7 heteroatoms. The highest BCUT2D eigenvalue weighted by Crippen LogP contribution is 2.15. The zero-order chi connectivity index (χ0) is 26.3. The van der Waals surface area contributed by atoms with Crippen LogP contribution in [0.3, 0.4) is 0 Å². The zero-order valence-corrected chi connectivity index (χ0v) is 21.3. The van der Waals surface area contributed by atoms with Crippen LogP contribution < -0.4 is 10.6 Å². The van der Waals surface area contributed by atoms with Crippen molar-refractivity contribution in [1.29, 1.82) is 0 Å². The second kappa shape index (κ2) is 15.6. The summed E-state index contributed by atoms with van der Waals surface area (Å²) in [6, 6.07) is 18.5. The van der Waals surface area contributed by atoms with Crippen molar-refractivity contribution < 1.29 is 24.2 Å². The molecule has 7 nitrogen and oxygen atoms in total. The topological polar surface area (TPSA) is 105 Å². The third-order valence-corrected chi connectivity index (χ3v) is 6.42. The molecule has 0 unspecified atom stereocenters. The maximum Gasteiger partial charge on any atom is 0.305 e. The minimum Gasteiger partial charge on any atom is -0.463 e. The molecule has 1 heterocycles. The summed E-state index contributed by atoms with van der Waals surface area (Å²) in [4.78, 5) is 38.4. The summed E-state index contributed by atoms with van der Waals surface area (Å²) >= 11 is 0. The van der Waals surface area contributed by atoms with Crippen LogP contribution in [-0.2, 0) is 32.0 Å². The summed E-state index contributed by atoms with van der Waals surface area (Å²) < 4.78 is 5.48. The lowest BCUT2D eigenvalue weighted by molar-refractivity contribution is -0.145. The van der Waals surface area contributed by atoms with E-state index in [0.717, 1.165) is 30.4 Å². The average molecular weight is 507 g/mol. The first-order valence-corrected chi connectivity index (χ1v) is 13.1. The van der Waals surface area contributed by atoms with Crippen molar-refractivity contribution in [1.82, 2.24) is 10.6 Å². The van der Waals surface area contributed by atoms with Crippen LogP contribution in [0.1, 0.15) is 49.7 Å². The van der Waals surface area contributed by atoms with E-state index in [-0.39, 0.29) is 37.4 Å². The van der Waals surface area contributed by atoms with Crippen molar-refractivity contribution in [2.24, 2.45) is 5.92 Å². The maximum absolute atomic E-state index is 13.3. The van der Waals surface area contributed by atoms with Gasteiger partial charge in [-0.1, -0.05) is 72.8 Å². The fourth-order valence-corrected chi connectivity index (χ4v) is 4.40. The van der Waals surface area contributed by atoms with E-state index in [4.69, 9.17) is 4.74 Å². The molecule has 0 saturated carbocycles. The Balaban J connectivity index is 1.68. The molecule has 3 rings (SSSR count). The molecule has 2 amide bonds. The highest BCUT2D eigenvalue weighted by molar-refractivity contribution is 5.86. The molecule has 0 bridgehead atoms. The van der Waals surface area contributed by atoms with Crippen molar-refractivity contribution in [3.8, 4) is 0 Å². The number of ether oxygens (including phenoxy) is 1. The Bertz CT molecular complexity index is 1010. The number of aliphatic hydroxyl groups is 1. The largest absolute Gasteiger partial charge is 0.463 e. The van der Waals surface area contributed by atoms with Crippen LogP contribution in [0.5, 0.6) is 0 Å². The summed E-state index contributed by atoms with van der Waals surface area (Å²) in [6.07, 6.45) is 8.15. The third kappa shape index (κ3) is 10.6. The Morgan fingerprint density at radius 1 is 1.00 bits per heavy atom. The van der Waals surface area contributed by atoms with Crippen LogP contribution in [-0.4, -0.2) is 48.2 Å². The van der Waals surface area contributed by atoms with Crippen molar-refractivity contribution in [2.45, 2.75) is 63.5 Å². The van der Waals surface area contributed by atoms with E-state index in [1.54, 1.807) is 0 Å². The van der Waals surface area contributed by atoms with Crippen LogP contribution in [0, 0.1) is 5.92 Å². The zero-order valence-electron chi connectivity index (χ0n) is 21.3. The van der Waals surface area contributed by atoms with E-state index in [9.17, 15) is 19.5 Å². The minimum absolute atomic E-state index is 0.000687. The van der Waals surface area contributed by atoms with Gasteiger partial charge >= 0.3 is 5.97 Å². The van der Waals surface area contributed by atoms with Gasteiger partial charge in [0.1, 0.15) is 6.61 Å². The smallest absolute Gasteiger partial charge is 0.305 e. The average Bonchev–Trinajstić information content (AvgIpc) is 2.90. The van der Waals surface area contributed by atoms with Gasteiger partial charge < -0.3 is 20.5 Å². The van der Waals surface area contributed by atoms with E-state index in [0.29, 0.717) is 25.7 Å². The van der Waals surface area contributed by atoms with Gasteiger partial charge in [0.05, 0.1) is 24.6 Å². The quantitative estimate of drug-likeness (QED) is 0.376. The van der Waals surface area contributed by atoms with E-state index < -0.39 is 18.0 Å². The van der Waals surface area contributed by atoms with Gasteiger partial charge in [0.2, 0.25) is 11.8 Å². The molecule has 1 aliphatic heterocycles. The molecule has 0 spiro atoms. The van der Waals surface area contributed by atoms with Gasteiger partial charge in [0.15, 0.2) is 0 Å². The molecule has 0 fully saturated rings. The number of cyclic esters (lactones) is 1. The van der Waals surface area contributed by atoms with E-state index in [1.807, 2.05) is 72.8 Å². The molecule has 0 saturated heterocycles. The molecule has 0 radical (unpaired) electrons. The number of carbonyl (C=O) groups is 3. The van der Waals surface area contributed by atoms with Gasteiger partial charge in [0, 0.05) is 12.8 Å². The standard InChI is InChI=1S/C30H38N2O5/c33-21-26(18-23-12-6-4-7-13-23)31-28(34)20-25-16-10-2-1-3-11-17-29(35)37-22-27(32-30(25)36)19-24-14-8-5-9-15-24/h2,4-10,12-15,25-27,33H,1,3,11,16-22H2,(H,31,34)(H,32,36)/t25-,26-,27-/m1/s1. The number of amides is 2. The normalized spacial score (nSPS) is 20.2. The fourth-order valence-electron chi connectivity index (χ4n) is 4.40. The Morgan fingerprint density at radius 2 is 1.70 bits per heavy atom. The number of nitrogens with one attached hydrogen (secondary N) is 2. The van der Waals surface area contributed by atoms with Crippen LogP contribution in [0.4, 0.5) is 0 Å². The summed E-state index contributed by atoms with van der Waals surface area (Å²) in [5, 5.41) is 15.7. The first kappa shape index (κ1) is 28.1. The predicted octanol–water partition coefficient (Wildman–Crippen LogP) is 3.50. The van der Waals surface area contributed by atoms with E-state index in [1.165, 1.54) is 0 Å². The highest BCUT2D eigenvalue weighted by Gasteiger charge is 2.25. The first-order valence-electron chi connectivity index (χ1n) is 13.1. The van der Waals surface area contributed by atoms with Crippen molar-refractivity contribution in [3.05, 3.63) is 83.9 Å². The molecule has 0 aliphatic carbocycles. The minimum atomic E-state index is -0.579. The lowest BCUT2D eigenvalue weighted by Gasteiger charge is -2.23. The summed E-state index contributed by atoms with van der Waals surface area (Å²) in [6.45, 7) is -0.111. The number of hydrogen-bond acceptors (Lipinski definition) is 5. The van der Waals surface area contributed by atoms with Gasteiger partial charge in [0.25, 0.3) is 0 Å². The molecule has 3 N–H and O–H groups in total. The molecule has 37 heavy (non-hydrogen) atoms. The Hall–Kier alpha value is -3.45. The second-order valence-electron chi connectivity index (χ2n) is 9.57. The number of rotatable bonds is 8. The summed E-state index contributed by atoms with van der Waals surface area (Å²) in [5.74, 6) is -1.38. The summed E-state index contributed by atoms with van der Waals surface area (Å²) in [7, 11) is 0. The van der Waals surface area contributed by atoms with Crippen LogP contribution in [0.15, 0.2) is 72.8 Å². The lowest BCUT2D eigenvalue weighted by atomic mass is 9.97. The van der Waals surface area contributed by atoms with Gasteiger partial charge in [-0.15, -0.1) is 0 Å². The molecule has 0 aromatic heterocycles.